The highest BCUT2D eigenvalue weighted by Crippen LogP contribution is 2.48. The van der Waals surface area contributed by atoms with E-state index in [9.17, 15) is 28.9 Å². The number of barbiturate groups is 1. The summed E-state index contributed by atoms with van der Waals surface area (Å²) in [6.45, 7) is 0.586. The van der Waals surface area contributed by atoms with Crippen molar-refractivity contribution in [1.29, 1.82) is 0 Å². The number of nitro groups is 1. The van der Waals surface area contributed by atoms with E-state index in [1.165, 1.54) is 24.3 Å². The third kappa shape index (κ3) is 2.79. The number of benzene rings is 2. The number of hydrogen-bond acceptors (Lipinski definition) is 6. The largest absolute Gasteiger partial charge is 0.367 e. The minimum absolute atomic E-state index is 0.0686. The smallest absolute Gasteiger partial charge is 0.335 e. The predicted octanol–water partition coefficient (Wildman–Crippen LogP) is 2.92. The van der Waals surface area contributed by atoms with Crippen LogP contribution in [0.25, 0.3) is 0 Å². The molecule has 5 rings (SSSR count). The Kier molecular flexibility index (Phi) is 4.47. The molecule has 0 saturated carbocycles. The van der Waals surface area contributed by atoms with Crippen LogP contribution in [0.3, 0.4) is 0 Å². The molecule has 2 aromatic carbocycles. The number of carbonyl (C=O) groups is 3. The first-order chi connectivity index (χ1) is 15.3. The highest BCUT2D eigenvalue weighted by atomic mass is 19.1. The molecule has 0 aromatic heterocycles. The number of anilines is 2. The molecule has 1 spiro atoms. The Morgan fingerprint density at radius 2 is 1.84 bits per heavy atom. The molecule has 3 aliphatic rings. The van der Waals surface area contributed by atoms with E-state index < -0.39 is 40.0 Å². The van der Waals surface area contributed by atoms with Crippen molar-refractivity contribution >= 4 is 34.9 Å². The molecule has 3 heterocycles. The van der Waals surface area contributed by atoms with Crippen molar-refractivity contribution in [3.05, 3.63) is 64.0 Å². The van der Waals surface area contributed by atoms with E-state index >= 15 is 0 Å². The second kappa shape index (κ2) is 7.11. The Morgan fingerprint density at radius 1 is 1.09 bits per heavy atom. The van der Waals surface area contributed by atoms with Gasteiger partial charge in [-0.25, -0.2) is 14.1 Å². The van der Waals surface area contributed by atoms with E-state index in [0.717, 1.165) is 35.6 Å². The fourth-order valence-corrected chi connectivity index (χ4v) is 5.19. The monoisotopic (exact) mass is 438 g/mol. The Bertz CT molecular complexity index is 1170. The number of urea groups is 1. The molecule has 0 radical (unpaired) electrons. The topological polar surface area (TPSA) is 113 Å². The summed E-state index contributed by atoms with van der Waals surface area (Å²) in [5.74, 6) is -1.94. The summed E-state index contributed by atoms with van der Waals surface area (Å²) in [5.41, 5.74) is -0.353. The Morgan fingerprint density at radius 3 is 2.56 bits per heavy atom. The van der Waals surface area contributed by atoms with Gasteiger partial charge < -0.3 is 4.90 Å². The number of rotatable bonds is 2. The molecule has 2 atom stereocenters. The van der Waals surface area contributed by atoms with Crippen LogP contribution in [-0.2, 0) is 16.0 Å². The molecule has 164 valence electrons. The van der Waals surface area contributed by atoms with Gasteiger partial charge in [-0.2, -0.15) is 0 Å². The molecule has 2 saturated heterocycles. The summed E-state index contributed by atoms with van der Waals surface area (Å²) in [7, 11) is 0. The van der Waals surface area contributed by atoms with Gasteiger partial charge in [0.25, 0.3) is 11.6 Å². The average molecular weight is 438 g/mol. The lowest BCUT2D eigenvalue weighted by Crippen LogP contribution is -2.72. The van der Waals surface area contributed by atoms with Gasteiger partial charge in [0.05, 0.1) is 16.7 Å². The fourth-order valence-electron chi connectivity index (χ4n) is 5.19. The number of fused-ring (bicyclic) bond motifs is 4. The summed E-state index contributed by atoms with van der Waals surface area (Å²) in [5, 5.41) is 13.6. The van der Waals surface area contributed by atoms with Crippen molar-refractivity contribution in [3.63, 3.8) is 0 Å². The molecule has 32 heavy (non-hydrogen) atoms. The van der Waals surface area contributed by atoms with Crippen molar-refractivity contribution in [2.24, 2.45) is 5.41 Å². The lowest BCUT2D eigenvalue weighted by molar-refractivity contribution is -0.384. The lowest BCUT2D eigenvalue weighted by Gasteiger charge is -2.53. The molecule has 3 aliphatic heterocycles. The van der Waals surface area contributed by atoms with Crippen LogP contribution in [0, 0.1) is 21.3 Å². The van der Waals surface area contributed by atoms with Gasteiger partial charge in [-0.15, -0.1) is 0 Å². The number of carbonyl (C=O) groups excluding carboxylic acids is 3. The second-order valence-electron chi connectivity index (χ2n) is 8.30. The third-order valence-electron chi connectivity index (χ3n) is 6.62. The summed E-state index contributed by atoms with van der Waals surface area (Å²) in [4.78, 5) is 53.5. The molecular weight excluding hydrogens is 419 g/mol. The van der Waals surface area contributed by atoms with Gasteiger partial charge in [-0.05, 0) is 55.2 Å². The first-order valence-electron chi connectivity index (χ1n) is 10.3. The number of amides is 4. The van der Waals surface area contributed by atoms with Crippen LogP contribution in [0.15, 0.2) is 42.5 Å². The molecule has 1 N–H and O–H groups in total. The van der Waals surface area contributed by atoms with Crippen LogP contribution < -0.4 is 15.1 Å². The van der Waals surface area contributed by atoms with Gasteiger partial charge in [-0.3, -0.25) is 25.0 Å². The van der Waals surface area contributed by atoms with Crippen LogP contribution in [0.4, 0.5) is 26.2 Å². The molecule has 0 aliphatic carbocycles. The summed E-state index contributed by atoms with van der Waals surface area (Å²) >= 11 is 0. The van der Waals surface area contributed by atoms with Gasteiger partial charge in [0.2, 0.25) is 5.91 Å². The van der Waals surface area contributed by atoms with Crippen molar-refractivity contribution in [1.82, 2.24) is 5.32 Å². The van der Waals surface area contributed by atoms with Gasteiger partial charge >= 0.3 is 6.03 Å². The molecule has 2 fully saturated rings. The number of non-ortho nitro benzene ring substituents is 1. The van der Waals surface area contributed by atoms with E-state index in [1.807, 2.05) is 4.90 Å². The predicted molar refractivity (Wildman–Crippen MR) is 112 cm³/mol. The van der Waals surface area contributed by atoms with Crippen molar-refractivity contribution in [2.75, 3.05) is 16.3 Å². The van der Waals surface area contributed by atoms with E-state index in [4.69, 9.17) is 0 Å². The van der Waals surface area contributed by atoms with Crippen LogP contribution >= 0.6 is 0 Å². The fraction of sp³-hybridized carbons (Fsp3) is 0.318. The quantitative estimate of drug-likeness (QED) is 0.438. The molecule has 0 unspecified atom stereocenters. The van der Waals surface area contributed by atoms with Gasteiger partial charge in [-0.1, -0.05) is 0 Å². The normalized spacial score (nSPS) is 24.8. The molecule has 10 heteroatoms. The maximum atomic E-state index is 13.9. The zero-order chi connectivity index (χ0) is 22.6. The number of piperidine rings is 1. The van der Waals surface area contributed by atoms with Gasteiger partial charge in [0.1, 0.15) is 5.82 Å². The number of nitrogens with one attached hydrogen (secondary N) is 1. The van der Waals surface area contributed by atoms with Crippen molar-refractivity contribution < 1.29 is 23.7 Å². The van der Waals surface area contributed by atoms with Crippen LogP contribution in [0.2, 0.25) is 0 Å². The highest BCUT2D eigenvalue weighted by Gasteiger charge is 2.62. The van der Waals surface area contributed by atoms with Crippen LogP contribution in [0.5, 0.6) is 0 Å². The average Bonchev–Trinajstić information content (AvgIpc) is 2.78. The lowest BCUT2D eigenvalue weighted by atomic mass is 9.66. The second-order valence-corrected chi connectivity index (χ2v) is 8.30. The molecule has 0 bridgehead atoms. The molecule has 4 amide bonds. The first kappa shape index (κ1) is 20.1. The van der Waals surface area contributed by atoms with Crippen molar-refractivity contribution in [2.45, 2.75) is 31.7 Å². The molecular formula is C22H19FN4O5. The van der Waals surface area contributed by atoms with Crippen LogP contribution in [0.1, 0.15) is 24.8 Å². The van der Waals surface area contributed by atoms with Crippen LogP contribution in [-0.4, -0.2) is 35.4 Å². The maximum Gasteiger partial charge on any atom is 0.335 e. The number of imide groups is 2. The van der Waals surface area contributed by atoms with Crippen molar-refractivity contribution in [3.8, 4) is 0 Å². The zero-order valence-electron chi connectivity index (χ0n) is 16.9. The number of nitro benzene ring substituents is 1. The summed E-state index contributed by atoms with van der Waals surface area (Å²) in [6.07, 6.45) is 2.14. The van der Waals surface area contributed by atoms with E-state index in [1.54, 1.807) is 6.07 Å². The minimum atomic E-state index is -1.63. The first-order valence-corrected chi connectivity index (χ1v) is 10.3. The Hall–Kier alpha value is -3.82. The SMILES string of the molecule is O=C1NC(=O)[C@]2(Cc3cc([N+](=O)[O-])ccc3N3CCCC[C@H]32)C(=O)N1c1ccc(F)cc1. The maximum absolute atomic E-state index is 13.9. The molecule has 2 aromatic rings. The molecule has 9 nitrogen and oxygen atoms in total. The summed E-state index contributed by atoms with van der Waals surface area (Å²) in [6, 6.07) is 7.93. The highest BCUT2D eigenvalue weighted by molar-refractivity contribution is 6.30. The third-order valence-corrected chi connectivity index (χ3v) is 6.62. The minimum Gasteiger partial charge on any atom is -0.367 e. The Balaban J connectivity index is 1.66. The summed E-state index contributed by atoms with van der Waals surface area (Å²) < 4.78 is 13.4. The standard InChI is InChI=1S/C22H19FN4O5/c23-14-4-6-15(7-5-14)26-20(29)22(19(28)24-21(26)30)12-13-11-16(27(31)32)8-9-17(13)25-10-2-1-3-18(22)25/h4-9,11,18H,1-3,10,12H2,(H,24,28,30)/t18-,22+/m0/s1. The number of nitrogens with zero attached hydrogens (tertiary/aromatic N) is 3. The van der Waals surface area contributed by atoms with Gasteiger partial charge in [0, 0.05) is 30.8 Å². The van der Waals surface area contributed by atoms with E-state index in [-0.39, 0.29) is 17.8 Å². The number of hydrogen-bond donors (Lipinski definition) is 1. The van der Waals surface area contributed by atoms with E-state index in [2.05, 4.69) is 5.32 Å². The van der Waals surface area contributed by atoms with E-state index in [0.29, 0.717) is 18.5 Å². The van der Waals surface area contributed by atoms with Gasteiger partial charge in [0.15, 0.2) is 5.41 Å². The Labute approximate surface area is 181 Å². The number of halogens is 1. The zero-order valence-corrected chi connectivity index (χ0v) is 16.9.